The summed E-state index contributed by atoms with van der Waals surface area (Å²) >= 11 is 0. The van der Waals surface area contributed by atoms with Crippen molar-refractivity contribution in [3.63, 3.8) is 0 Å². The molecular weight excluding hydrogens is 300 g/mol. The van der Waals surface area contributed by atoms with E-state index in [1.54, 1.807) is 0 Å². The molecule has 1 N–H and O–H groups in total. The van der Waals surface area contributed by atoms with E-state index in [4.69, 9.17) is 4.74 Å². The zero-order chi connectivity index (χ0) is 17.7. The van der Waals surface area contributed by atoms with E-state index < -0.39 is 0 Å². The van der Waals surface area contributed by atoms with Crippen molar-refractivity contribution >= 4 is 22.5 Å². The minimum absolute atomic E-state index is 0.124. The van der Waals surface area contributed by atoms with Crippen molar-refractivity contribution in [2.24, 2.45) is 5.92 Å². The van der Waals surface area contributed by atoms with Gasteiger partial charge in [-0.05, 0) is 57.4 Å². The van der Waals surface area contributed by atoms with Gasteiger partial charge in [0.2, 0.25) is 5.91 Å². The van der Waals surface area contributed by atoms with E-state index in [2.05, 4.69) is 31.8 Å². The average Bonchev–Trinajstić information content (AvgIpc) is 2.93. The summed E-state index contributed by atoms with van der Waals surface area (Å²) in [5.74, 6) is 0.664. The Kier molecular flexibility index (Phi) is 6.44. The Bertz CT molecular complexity index is 660. The van der Waals surface area contributed by atoms with E-state index in [1.165, 1.54) is 0 Å². The molecule has 0 saturated heterocycles. The normalized spacial score (nSPS) is 13.0. The summed E-state index contributed by atoms with van der Waals surface area (Å²) in [6, 6.07) is 8.35. The molecule has 2 rings (SSSR count). The van der Waals surface area contributed by atoms with Gasteiger partial charge in [0.25, 0.3) is 0 Å². The predicted octanol–water partition coefficient (Wildman–Crippen LogP) is 4.75. The number of rotatable bonds is 8. The molecule has 4 heteroatoms. The van der Waals surface area contributed by atoms with Crippen molar-refractivity contribution < 1.29 is 9.53 Å². The number of amides is 1. The van der Waals surface area contributed by atoms with Crippen molar-refractivity contribution in [2.75, 3.05) is 11.5 Å². The summed E-state index contributed by atoms with van der Waals surface area (Å²) in [7, 11) is 0. The Morgan fingerprint density at radius 3 is 2.58 bits per heavy atom. The third-order valence-electron chi connectivity index (χ3n) is 4.10. The molecule has 0 aliphatic heterocycles. The van der Waals surface area contributed by atoms with Crippen LogP contribution in [0.25, 0.3) is 10.9 Å². The molecule has 2 aromatic rings. The minimum atomic E-state index is 0.124. The Morgan fingerprint density at radius 1 is 1.17 bits per heavy atom. The molecular formula is C20H30N2O2. The number of hydrogen-bond acceptors (Lipinski definition) is 2. The second-order valence-corrected chi connectivity index (χ2v) is 7.16. The van der Waals surface area contributed by atoms with Gasteiger partial charge < -0.3 is 14.6 Å². The number of carbonyl (C=O) groups is 1. The number of ether oxygens (including phenoxy) is 1. The molecule has 24 heavy (non-hydrogen) atoms. The zero-order valence-corrected chi connectivity index (χ0v) is 15.5. The molecule has 1 aromatic heterocycles. The largest absolute Gasteiger partial charge is 0.378 e. The molecule has 0 aliphatic rings. The van der Waals surface area contributed by atoms with E-state index in [-0.39, 0.29) is 18.1 Å². The quantitative estimate of drug-likeness (QED) is 0.759. The van der Waals surface area contributed by atoms with E-state index in [1.807, 2.05) is 43.1 Å². The number of fused-ring (bicyclic) bond motifs is 1. The fourth-order valence-electron chi connectivity index (χ4n) is 3.12. The first-order chi connectivity index (χ1) is 11.4. The highest BCUT2D eigenvalue weighted by Crippen LogP contribution is 2.26. The predicted molar refractivity (Wildman–Crippen MR) is 100 cm³/mol. The second-order valence-electron chi connectivity index (χ2n) is 7.16. The van der Waals surface area contributed by atoms with Crippen LogP contribution in [0.5, 0.6) is 0 Å². The fourth-order valence-corrected chi connectivity index (χ4v) is 3.12. The first kappa shape index (κ1) is 18.5. The monoisotopic (exact) mass is 330 g/mol. The molecule has 0 fully saturated rings. The number of nitrogens with zero attached hydrogens (tertiary/aromatic N) is 1. The Morgan fingerprint density at radius 2 is 1.92 bits per heavy atom. The second kappa shape index (κ2) is 8.34. The van der Waals surface area contributed by atoms with Crippen LogP contribution in [0.15, 0.2) is 30.5 Å². The Labute approximate surface area is 145 Å². The first-order valence-corrected chi connectivity index (χ1v) is 8.89. The molecule has 0 aliphatic carbocycles. The topological polar surface area (TPSA) is 45.3 Å². The summed E-state index contributed by atoms with van der Waals surface area (Å²) in [6.45, 7) is 11.0. The summed E-state index contributed by atoms with van der Waals surface area (Å²) in [4.78, 5) is 18.0. The van der Waals surface area contributed by atoms with Gasteiger partial charge in [0, 0.05) is 28.8 Å². The highest BCUT2D eigenvalue weighted by molar-refractivity contribution is 5.96. The van der Waals surface area contributed by atoms with Gasteiger partial charge in [0.15, 0.2) is 0 Å². The van der Waals surface area contributed by atoms with E-state index in [0.29, 0.717) is 18.9 Å². The summed E-state index contributed by atoms with van der Waals surface area (Å²) < 4.78 is 5.56. The van der Waals surface area contributed by atoms with Crippen molar-refractivity contribution in [3.8, 4) is 0 Å². The lowest BCUT2D eigenvalue weighted by Gasteiger charge is -2.31. The van der Waals surface area contributed by atoms with Gasteiger partial charge in [0.05, 0.1) is 19.1 Å². The van der Waals surface area contributed by atoms with E-state index >= 15 is 0 Å². The number of H-pyrrole nitrogens is 1. The van der Waals surface area contributed by atoms with Crippen LogP contribution >= 0.6 is 0 Å². The molecule has 0 saturated carbocycles. The lowest BCUT2D eigenvalue weighted by atomic mass is 10.0. The lowest BCUT2D eigenvalue weighted by molar-refractivity contribution is -0.120. The average molecular weight is 330 g/mol. The maximum absolute atomic E-state index is 12.9. The Balaban J connectivity index is 2.22. The highest BCUT2D eigenvalue weighted by atomic mass is 16.5. The molecule has 1 atom stereocenters. The smallest absolute Gasteiger partial charge is 0.229 e. The molecule has 0 bridgehead atoms. The molecule has 4 nitrogen and oxygen atoms in total. The van der Waals surface area contributed by atoms with E-state index in [9.17, 15) is 4.79 Å². The number of carbonyl (C=O) groups excluding carboxylic acids is 1. The van der Waals surface area contributed by atoms with Crippen LogP contribution in [-0.2, 0) is 9.53 Å². The van der Waals surface area contributed by atoms with Gasteiger partial charge in [-0.15, -0.1) is 0 Å². The number of benzene rings is 1. The van der Waals surface area contributed by atoms with Gasteiger partial charge in [0.1, 0.15) is 0 Å². The standard InChI is InChI=1S/C20H30N2O2/c1-14(2)12-16(5)22(20(23)9-11-24-15(3)4)18-6-7-19-17(13-18)8-10-21-19/h6-8,10,13-16,21H,9,11-12H2,1-5H3. The lowest BCUT2D eigenvalue weighted by Crippen LogP contribution is -2.40. The third kappa shape index (κ3) is 4.84. The fraction of sp³-hybridized carbons (Fsp3) is 0.550. The van der Waals surface area contributed by atoms with Gasteiger partial charge in [-0.3, -0.25) is 4.79 Å². The molecule has 0 spiro atoms. The molecule has 1 heterocycles. The summed E-state index contributed by atoms with van der Waals surface area (Å²) in [5, 5.41) is 1.13. The minimum Gasteiger partial charge on any atom is -0.378 e. The maximum atomic E-state index is 12.9. The van der Waals surface area contributed by atoms with Gasteiger partial charge in [-0.25, -0.2) is 0 Å². The number of hydrogen-bond donors (Lipinski definition) is 1. The summed E-state index contributed by atoms with van der Waals surface area (Å²) in [6.07, 6.45) is 3.46. The van der Waals surface area contributed by atoms with Crippen molar-refractivity contribution in [2.45, 2.75) is 59.6 Å². The van der Waals surface area contributed by atoms with Gasteiger partial charge >= 0.3 is 0 Å². The number of nitrogens with one attached hydrogen (secondary N) is 1. The van der Waals surface area contributed by atoms with Crippen LogP contribution in [0.4, 0.5) is 5.69 Å². The van der Waals surface area contributed by atoms with Crippen molar-refractivity contribution in [1.82, 2.24) is 4.98 Å². The number of aromatic amines is 1. The number of aromatic nitrogens is 1. The van der Waals surface area contributed by atoms with Crippen LogP contribution < -0.4 is 4.90 Å². The molecule has 1 unspecified atom stereocenters. The maximum Gasteiger partial charge on any atom is 0.229 e. The van der Waals surface area contributed by atoms with Gasteiger partial charge in [-0.2, -0.15) is 0 Å². The van der Waals surface area contributed by atoms with Crippen molar-refractivity contribution in [3.05, 3.63) is 30.5 Å². The molecule has 1 amide bonds. The molecule has 1 aromatic carbocycles. The van der Waals surface area contributed by atoms with Crippen LogP contribution in [-0.4, -0.2) is 29.6 Å². The summed E-state index contributed by atoms with van der Waals surface area (Å²) in [5.41, 5.74) is 2.05. The molecule has 132 valence electrons. The van der Waals surface area contributed by atoms with Crippen molar-refractivity contribution in [1.29, 1.82) is 0 Å². The van der Waals surface area contributed by atoms with E-state index in [0.717, 1.165) is 23.0 Å². The first-order valence-electron chi connectivity index (χ1n) is 8.89. The molecule has 0 radical (unpaired) electrons. The zero-order valence-electron chi connectivity index (χ0n) is 15.5. The SMILES string of the molecule is CC(C)CC(C)N(C(=O)CCOC(C)C)c1ccc2[nH]ccc2c1. The van der Waals surface area contributed by atoms with Crippen LogP contribution in [0.2, 0.25) is 0 Å². The Hall–Kier alpha value is -1.81. The van der Waals surface area contributed by atoms with Gasteiger partial charge in [-0.1, -0.05) is 13.8 Å². The third-order valence-corrected chi connectivity index (χ3v) is 4.10. The van der Waals surface area contributed by atoms with Crippen LogP contribution in [0.3, 0.4) is 0 Å². The van der Waals surface area contributed by atoms with Crippen LogP contribution in [0, 0.1) is 5.92 Å². The highest BCUT2D eigenvalue weighted by Gasteiger charge is 2.23. The number of anilines is 1. The van der Waals surface area contributed by atoms with Crippen LogP contribution in [0.1, 0.15) is 47.5 Å².